The Hall–Kier alpha value is -7.66. The van der Waals surface area contributed by atoms with E-state index in [0.29, 0.717) is 11.1 Å². The average molecular weight is 687 g/mol. The van der Waals surface area contributed by atoms with E-state index in [1.807, 2.05) is 30.3 Å². The van der Waals surface area contributed by atoms with Crippen molar-refractivity contribution in [3.8, 4) is 56.9 Å². The molecule has 0 spiro atoms. The second kappa shape index (κ2) is 12.5. The number of rotatable bonds is 5. The number of hydrogen-bond acceptors (Lipinski definition) is 2. The molecular formula is C50H30N4. The molecule has 10 aromatic rings. The van der Waals surface area contributed by atoms with Gasteiger partial charge in [-0.3, -0.25) is 0 Å². The largest absolute Gasteiger partial charge is 0.309 e. The van der Waals surface area contributed by atoms with Crippen molar-refractivity contribution < 1.29 is 0 Å². The SMILES string of the molecule is N#Cc1ccc(-c2cc3c4ccccc4n(-c4ccccc4)c3cc2-n2c3ccc(-c4ccccc4)cc3c3cc(-c4ccccc4)ccc32)cc1C#N. The van der Waals surface area contributed by atoms with Gasteiger partial charge in [-0.1, -0.05) is 115 Å². The van der Waals surface area contributed by atoms with Crippen molar-refractivity contribution in [3.05, 3.63) is 193 Å². The van der Waals surface area contributed by atoms with Crippen molar-refractivity contribution in [1.82, 2.24) is 9.13 Å². The fourth-order valence-electron chi connectivity index (χ4n) is 8.08. The predicted molar refractivity (Wildman–Crippen MR) is 221 cm³/mol. The van der Waals surface area contributed by atoms with E-state index in [1.165, 1.54) is 0 Å². The van der Waals surface area contributed by atoms with Crippen LogP contribution in [0.5, 0.6) is 0 Å². The highest BCUT2D eigenvalue weighted by atomic mass is 15.0. The molecule has 0 atom stereocenters. The van der Waals surface area contributed by atoms with Gasteiger partial charge in [0.2, 0.25) is 0 Å². The summed E-state index contributed by atoms with van der Waals surface area (Å²) in [6, 6.07) is 68.2. The smallest absolute Gasteiger partial charge is 0.101 e. The fraction of sp³-hybridized carbons (Fsp3) is 0. The van der Waals surface area contributed by atoms with E-state index in [0.717, 1.165) is 88.4 Å². The highest BCUT2D eigenvalue weighted by Crippen LogP contribution is 2.43. The van der Waals surface area contributed by atoms with Crippen LogP contribution >= 0.6 is 0 Å². The predicted octanol–water partition coefficient (Wildman–Crippen LogP) is 12.6. The third-order valence-electron chi connectivity index (χ3n) is 10.6. The fourth-order valence-corrected chi connectivity index (χ4v) is 8.08. The van der Waals surface area contributed by atoms with Crippen LogP contribution in [0.4, 0.5) is 0 Å². The molecule has 8 aromatic carbocycles. The van der Waals surface area contributed by atoms with Crippen LogP contribution in [0.3, 0.4) is 0 Å². The van der Waals surface area contributed by atoms with Crippen LogP contribution in [0.2, 0.25) is 0 Å². The Labute approximate surface area is 312 Å². The molecule has 0 saturated carbocycles. The van der Waals surface area contributed by atoms with Gasteiger partial charge in [-0.05, 0) is 94.5 Å². The first-order valence-electron chi connectivity index (χ1n) is 18.0. The van der Waals surface area contributed by atoms with Gasteiger partial charge in [-0.2, -0.15) is 10.5 Å². The van der Waals surface area contributed by atoms with Crippen molar-refractivity contribution in [2.24, 2.45) is 0 Å². The molecule has 2 heterocycles. The molecule has 0 bridgehead atoms. The third-order valence-corrected chi connectivity index (χ3v) is 10.6. The van der Waals surface area contributed by atoms with E-state index in [2.05, 4.69) is 167 Å². The Morgan fingerprint density at radius 1 is 0.333 bits per heavy atom. The summed E-state index contributed by atoms with van der Waals surface area (Å²) in [5, 5.41) is 24.5. The van der Waals surface area contributed by atoms with E-state index in [1.54, 1.807) is 6.07 Å². The number of para-hydroxylation sites is 2. The van der Waals surface area contributed by atoms with Crippen molar-refractivity contribution >= 4 is 43.6 Å². The van der Waals surface area contributed by atoms with Crippen molar-refractivity contribution in [3.63, 3.8) is 0 Å². The van der Waals surface area contributed by atoms with E-state index >= 15 is 0 Å². The number of hydrogen-bond donors (Lipinski definition) is 0. The Kier molecular flexibility index (Phi) is 7.22. The normalized spacial score (nSPS) is 11.3. The molecule has 0 unspecified atom stereocenters. The van der Waals surface area contributed by atoms with Gasteiger partial charge in [0, 0.05) is 32.8 Å². The summed E-state index contributed by atoms with van der Waals surface area (Å²) in [6.45, 7) is 0. The van der Waals surface area contributed by atoms with E-state index in [-0.39, 0.29) is 0 Å². The van der Waals surface area contributed by atoms with Gasteiger partial charge in [0.05, 0.1) is 38.9 Å². The molecule has 0 aliphatic heterocycles. The summed E-state index contributed by atoms with van der Waals surface area (Å²) in [6.07, 6.45) is 0. The van der Waals surface area contributed by atoms with Crippen LogP contribution in [-0.2, 0) is 0 Å². The first-order chi connectivity index (χ1) is 26.7. The second-order valence-corrected chi connectivity index (χ2v) is 13.6. The summed E-state index contributed by atoms with van der Waals surface area (Å²) in [4.78, 5) is 0. The quantitative estimate of drug-likeness (QED) is 0.181. The van der Waals surface area contributed by atoms with Crippen LogP contribution in [0, 0.1) is 22.7 Å². The van der Waals surface area contributed by atoms with Crippen molar-refractivity contribution in [2.75, 3.05) is 0 Å². The van der Waals surface area contributed by atoms with E-state index in [9.17, 15) is 10.5 Å². The zero-order valence-electron chi connectivity index (χ0n) is 29.1. The number of aromatic nitrogens is 2. The Morgan fingerprint density at radius 3 is 1.46 bits per heavy atom. The lowest BCUT2D eigenvalue weighted by Crippen LogP contribution is -2.00. The topological polar surface area (TPSA) is 57.4 Å². The molecule has 0 amide bonds. The Balaban J connectivity index is 1.35. The summed E-state index contributed by atoms with van der Waals surface area (Å²) in [7, 11) is 0. The van der Waals surface area contributed by atoms with Crippen LogP contribution in [0.1, 0.15) is 11.1 Å². The first kappa shape index (κ1) is 31.1. The van der Waals surface area contributed by atoms with E-state index < -0.39 is 0 Å². The van der Waals surface area contributed by atoms with Gasteiger partial charge in [0.15, 0.2) is 0 Å². The summed E-state index contributed by atoms with van der Waals surface area (Å²) in [5.74, 6) is 0. The number of nitriles is 2. The number of fused-ring (bicyclic) bond motifs is 6. The van der Waals surface area contributed by atoms with Gasteiger partial charge < -0.3 is 9.13 Å². The van der Waals surface area contributed by atoms with Crippen LogP contribution in [0.15, 0.2) is 182 Å². The molecular weight excluding hydrogens is 657 g/mol. The summed E-state index contributed by atoms with van der Waals surface area (Å²) in [5.41, 5.74) is 13.6. The maximum atomic E-state index is 10.1. The Morgan fingerprint density at radius 2 is 0.852 bits per heavy atom. The molecule has 0 aliphatic rings. The molecule has 4 heteroatoms. The van der Waals surface area contributed by atoms with Gasteiger partial charge >= 0.3 is 0 Å². The minimum absolute atomic E-state index is 0.356. The molecule has 10 rings (SSSR count). The molecule has 2 aromatic heterocycles. The lowest BCUT2D eigenvalue weighted by Gasteiger charge is -2.17. The van der Waals surface area contributed by atoms with Crippen molar-refractivity contribution in [1.29, 1.82) is 10.5 Å². The van der Waals surface area contributed by atoms with Crippen LogP contribution < -0.4 is 0 Å². The maximum Gasteiger partial charge on any atom is 0.101 e. The van der Waals surface area contributed by atoms with Crippen molar-refractivity contribution in [2.45, 2.75) is 0 Å². The minimum Gasteiger partial charge on any atom is -0.309 e. The highest BCUT2D eigenvalue weighted by molar-refractivity contribution is 6.15. The molecule has 250 valence electrons. The minimum atomic E-state index is 0.356. The Bertz CT molecular complexity index is 3060. The lowest BCUT2D eigenvalue weighted by atomic mass is 9.96. The van der Waals surface area contributed by atoms with Crippen LogP contribution in [0.25, 0.3) is 88.4 Å². The molecule has 0 radical (unpaired) electrons. The number of nitrogens with zero attached hydrogens (tertiary/aromatic N) is 4. The average Bonchev–Trinajstić information content (AvgIpc) is 3.75. The van der Waals surface area contributed by atoms with Gasteiger partial charge in [-0.15, -0.1) is 0 Å². The van der Waals surface area contributed by atoms with Crippen LogP contribution in [-0.4, -0.2) is 9.13 Å². The highest BCUT2D eigenvalue weighted by Gasteiger charge is 2.22. The second-order valence-electron chi connectivity index (χ2n) is 13.6. The first-order valence-corrected chi connectivity index (χ1v) is 18.0. The molecule has 54 heavy (non-hydrogen) atoms. The third kappa shape index (κ3) is 4.90. The zero-order chi connectivity index (χ0) is 36.2. The van der Waals surface area contributed by atoms with Gasteiger partial charge in [0.25, 0.3) is 0 Å². The molecule has 0 aliphatic carbocycles. The maximum absolute atomic E-state index is 10.1. The molecule has 0 N–H and O–H groups in total. The zero-order valence-corrected chi connectivity index (χ0v) is 29.1. The molecule has 0 fully saturated rings. The standard InChI is InChI=1S/C50H30N4/c51-31-38-21-20-37(26-39(38)32-52)42-29-45-41-18-10-11-19-46(41)53(40-16-8-3-9-17-40)50(45)30-49(42)54-47-24-22-35(33-12-4-1-5-13-33)27-43(47)44-28-36(23-25-48(44)54)34-14-6-2-7-15-34/h1-30H. The van der Waals surface area contributed by atoms with Gasteiger partial charge in [0.1, 0.15) is 12.1 Å². The molecule has 0 saturated heterocycles. The molecule has 4 nitrogen and oxygen atoms in total. The summed E-state index contributed by atoms with van der Waals surface area (Å²) >= 11 is 0. The van der Waals surface area contributed by atoms with Gasteiger partial charge in [-0.25, -0.2) is 0 Å². The monoisotopic (exact) mass is 686 g/mol. The lowest BCUT2D eigenvalue weighted by molar-refractivity contribution is 1.16. The number of benzene rings is 8. The van der Waals surface area contributed by atoms with E-state index in [4.69, 9.17) is 0 Å². The summed E-state index contributed by atoms with van der Waals surface area (Å²) < 4.78 is 4.71.